The molecule has 2 nitrogen and oxygen atoms in total. The highest BCUT2D eigenvalue weighted by molar-refractivity contribution is 14.1. The molecule has 0 radical (unpaired) electrons. The van der Waals surface area contributed by atoms with Crippen LogP contribution in [0.5, 0.6) is 0 Å². The van der Waals surface area contributed by atoms with Gasteiger partial charge in [-0.05, 0) is 34.6 Å². The van der Waals surface area contributed by atoms with E-state index in [-0.39, 0.29) is 12.2 Å². The van der Waals surface area contributed by atoms with Crippen LogP contribution >= 0.6 is 22.6 Å². The highest BCUT2D eigenvalue weighted by Gasteiger charge is 2.32. The summed E-state index contributed by atoms with van der Waals surface area (Å²) in [6, 6.07) is 10.3. The molecular formula is C15H19IO2. The van der Waals surface area contributed by atoms with Crippen LogP contribution in [-0.4, -0.2) is 12.2 Å². The quantitative estimate of drug-likeness (QED) is 0.748. The Morgan fingerprint density at radius 3 is 2.67 bits per heavy atom. The first-order valence-electron chi connectivity index (χ1n) is 6.39. The van der Waals surface area contributed by atoms with E-state index in [9.17, 15) is 0 Å². The average molecular weight is 358 g/mol. The van der Waals surface area contributed by atoms with E-state index >= 15 is 0 Å². The lowest BCUT2D eigenvalue weighted by Gasteiger charge is -2.34. The SMILES string of the molecule is CC[C@H]1OC=C(I)[C@@H](OCc2ccccc2)[C@H]1C. The standard InChI is InChI=1S/C15H19IO2/c1-3-14-11(2)15(13(16)10-17-14)18-9-12-7-5-4-6-8-12/h4-8,10-11,14-15H,3,9H2,1-2H3/t11-,14+,15-/m0/s1. The van der Waals surface area contributed by atoms with Gasteiger partial charge in [0.2, 0.25) is 0 Å². The lowest BCUT2D eigenvalue weighted by Crippen LogP contribution is -2.36. The van der Waals surface area contributed by atoms with Crippen LogP contribution in [0, 0.1) is 5.92 Å². The number of halogens is 1. The van der Waals surface area contributed by atoms with Gasteiger partial charge >= 0.3 is 0 Å². The summed E-state index contributed by atoms with van der Waals surface area (Å²) in [6.07, 6.45) is 3.30. The van der Waals surface area contributed by atoms with Gasteiger partial charge in [0.15, 0.2) is 0 Å². The fraction of sp³-hybridized carbons (Fsp3) is 0.467. The van der Waals surface area contributed by atoms with Crippen molar-refractivity contribution >= 4 is 22.6 Å². The van der Waals surface area contributed by atoms with E-state index in [2.05, 4.69) is 48.6 Å². The predicted molar refractivity (Wildman–Crippen MR) is 81.5 cm³/mol. The highest BCUT2D eigenvalue weighted by atomic mass is 127. The number of rotatable bonds is 4. The summed E-state index contributed by atoms with van der Waals surface area (Å²) in [5.41, 5.74) is 1.22. The molecule has 1 aliphatic heterocycles. The van der Waals surface area contributed by atoms with Crippen LogP contribution in [-0.2, 0) is 16.1 Å². The minimum Gasteiger partial charge on any atom is -0.497 e. The van der Waals surface area contributed by atoms with E-state index < -0.39 is 0 Å². The van der Waals surface area contributed by atoms with E-state index in [1.165, 1.54) is 5.56 Å². The van der Waals surface area contributed by atoms with Crippen LogP contribution in [0.4, 0.5) is 0 Å². The fourth-order valence-corrected chi connectivity index (χ4v) is 3.14. The summed E-state index contributed by atoms with van der Waals surface area (Å²) in [5.74, 6) is 0.399. The van der Waals surface area contributed by atoms with Crippen molar-refractivity contribution in [1.82, 2.24) is 0 Å². The molecule has 1 heterocycles. The second kappa shape index (κ2) is 6.57. The summed E-state index contributed by atoms with van der Waals surface area (Å²) in [6.45, 7) is 5.02. The molecule has 2 rings (SSSR count). The van der Waals surface area contributed by atoms with Crippen LogP contribution in [0.25, 0.3) is 0 Å². The summed E-state index contributed by atoms with van der Waals surface area (Å²) < 4.78 is 12.9. The Balaban J connectivity index is 1.99. The number of benzene rings is 1. The molecule has 0 N–H and O–H groups in total. The van der Waals surface area contributed by atoms with Crippen molar-refractivity contribution in [3.63, 3.8) is 0 Å². The number of hydrogen-bond acceptors (Lipinski definition) is 2. The minimum absolute atomic E-state index is 0.157. The summed E-state index contributed by atoms with van der Waals surface area (Å²) in [5, 5.41) is 0. The van der Waals surface area contributed by atoms with Gasteiger partial charge in [0, 0.05) is 5.92 Å². The number of ether oxygens (including phenoxy) is 2. The molecule has 18 heavy (non-hydrogen) atoms. The largest absolute Gasteiger partial charge is 0.497 e. The minimum atomic E-state index is 0.157. The first kappa shape index (κ1) is 13.9. The number of hydrogen-bond donors (Lipinski definition) is 0. The Bertz CT molecular complexity index is 402. The van der Waals surface area contributed by atoms with Crippen molar-refractivity contribution in [2.24, 2.45) is 5.92 Å². The van der Waals surface area contributed by atoms with Crippen molar-refractivity contribution in [2.75, 3.05) is 0 Å². The molecule has 1 aromatic carbocycles. The van der Waals surface area contributed by atoms with E-state index in [1.54, 1.807) is 0 Å². The molecule has 3 heteroatoms. The maximum atomic E-state index is 6.07. The zero-order valence-corrected chi connectivity index (χ0v) is 13.0. The Kier molecular flexibility index (Phi) is 5.06. The topological polar surface area (TPSA) is 18.5 Å². The smallest absolute Gasteiger partial charge is 0.103 e. The normalized spacial score (nSPS) is 27.5. The lowest BCUT2D eigenvalue weighted by molar-refractivity contribution is -0.0377. The van der Waals surface area contributed by atoms with Gasteiger partial charge in [-0.3, -0.25) is 0 Å². The molecule has 0 saturated heterocycles. The molecule has 0 amide bonds. The third-order valence-electron chi connectivity index (χ3n) is 3.37. The van der Waals surface area contributed by atoms with Crippen LogP contribution in [0.1, 0.15) is 25.8 Å². The molecular weight excluding hydrogens is 339 g/mol. The van der Waals surface area contributed by atoms with E-state index in [0.717, 1.165) is 10.0 Å². The maximum Gasteiger partial charge on any atom is 0.103 e. The summed E-state index contributed by atoms with van der Waals surface area (Å²) >= 11 is 2.31. The van der Waals surface area contributed by atoms with Gasteiger partial charge in [0.25, 0.3) is 0 Å². The van der Waals surface area contributed by atoms with E-state index in [0.29, 0.717) is 12.5 Å². The first-order chi connectivity index (χ1) is 8.72. The second-order valence-corrected chi connectivity index (χ2v) is 5.91. The van der Waals surface area contributed by atoms with Gasteiger partial charge < -0.3 is 9.47 Å². The van der Waals surface area contributed by atoms with Crippen LogP contribution in [0.3, 0.4) is 0 Å². The van der Waals surface area contributed by atoms with Crippen molar-refractivity contribution in [3.8, 4) is 0 Å². The Morgan fingerprint density at radius 2 is 2.00 bits per heavy atom. The van der Waals surface area contributed by atoms with E-state index in [1.807, 2.05) is 24.5 Å². The lowest BCUT2D eigenvalue weighted by atomic mass is 9.94. The second-order valence-electron chi connectivity index (χ2n) is 4.66. The van der Waals surface area contributed by atoms with Gasteiger partial charge in [-0.1, -0.05) is 44.2 Å². The van der Waals surface area contributed by atoms with Gasteiger partial charge in [-0.25, -0.2) is 0 Å². The zero-order chi connectivity index (χ0) is 13.0. The van der Waals surface area contributed by atoms with Crippen LogP contribution < -0.4 is 0 Å². The molecule has 0 unspecified atom stereocenters. The third-order valence-corrected chi connectivity index (χ3v) is 4.23. The highest BCUT2D eigenvalue weighted by Crippen LogP contribution is 2.32. The molecule has 0 fully saturated rings. The maximum absolute atomic E-state index is 6.07. The molecule has 3 atom stereocenters. The molecule has 0 bridgehead atoms. The molecule has 0 saturated carbocycles. The molecule has 0 aromatic heterocycles. The monoisotopic (exact) mass is 358 g/mol. The van der Waals surface area contributed by atoms with E-state index in [4.69, 9.17) is 9.47 Å². The Hall–Kier alpha value is -0.550. The van der Waals surface area contributed by atoms with Crippen molar-refractivity contribution in [1.29, 1.82) is 0 Å². The third kappa shape index (κ3) is 3.26. The molecule has 0 aliphatic carbocycles. The molecule has 98 valence electrons. The van der Waals surface area contributed by atoms with Gasteiger partial charge in [-0.15, -0.1) is 0 Å². The summed E-state index contributed by atoms with van der Waals surface area (Å²) in [7, 11) is 0. The van der Waals surface area contributed by atoms with Gasteiger partial charge in [0.1, 0.15) is 6.10 Å². The average Bonchev–Trinajstić information content (AvgIpc) is 2.40. The Labute approximate surface area is 123 Å². The Morgan fingerprint density at radius 1 is 1.28 bits per heavy atom. The van der Waals surface area contributed by atoms with Gasteiger partial charge in [0.05, 0.1) is 22.6 Å². The molecule has 0 spiro atoms. The van der Waals surface area contributed by atoms with Crippen molar-refractivity contribution in [3.05, 3.63) is 45.7 Å². The summed E-state index contributed by atoms with van der Waals surface area (Å²) in [4.78, 5) is 0. The fourth-order valence-electron chi connectivity index (χ4n) is 2.25. The van der Waals surface area contributed by atoms with Crippen LogP contribution in [0.15, 0.2) is 40.2 Å². The van der Waals surface area contributed by atoms with Crippen molar-refractivity contribution in [2.45, 2.75) is 39.1 Å². The van der Waals surface area contributed by atoms with Crippen molar-refractivity contribution < 1.29 is 9.47 Å². The van der Waals surface area contributed by atoms with Crippen LogP contribution in [0.2, 0.25) is 0 Å². The molecule has 1 aromatic rings. The van der Waals surface area contributed by atoms with Gasteiger partial charge in [-0.2, -0.15) is 0 Å². The predicted octanol–water partition coefficient (Wildman–Crippen LogP) is 4.29. The zero-order valence-electron chi connectivity index (χ0n) is 10.8. The molecule has 1 aliphatic rings. The first-order valence-corrected chi connectivity index (χ1v) is 7.46.